The third kappa shape index (κ3) is 5.40. The molecule has 4 aromatic rings. The summed E-state index contributed by atoms with van der Waals surface area (Å²) < 4.78 is 6.50. The standard InChI is InChI=1S/C28H32N6O2/c1-18-10-11-21-22(7-3-9-24(21)32-16-19(2)35)26(18)36-27-23(8-5-14-30-27)25-12-15-31-28(34-25)33-20-6-4-13-29-17-20/h3,5,7-12,14-15,19-20,29,32,35H,4,6,13,16-17H2,1-2H3,(H,31,33,34)/t19-,20-/m0/s1. The average molecular weight is 485 g/mol. The Morgan fingerprint density at radius 1 is 1.08 bits per heavy atom. The van der Waals surface area contributed by atoms with Gasteiger partial charge >= 0.3 is 0 Å². The fourth-order valence-corrected chi connectivity index (χ4v) is 4.49. The van der Waals surface area contributed by atoms with Crippen LogP contribution < -0.4 is 20.7 Å². The van der Waals surface area contributed by atoms with Gasteiger partial charge in [0.2, 0.25) is 11.8 Å². The minimum atomic E-state index is -0.445. The van der Waals surface area contributed by atoms with E-state index < -0.39 is 6.10 Å². The van der Waals surface area contributed by atoms with Gasteiger partial charge in [-0.15, -0.1) is 0 Å². The molecule has 4 N–H and O–H groups in total. The SMILES string of the molecule is Cc1ccc2c(NC[C@H](C)O)cccc2c1Oc1ncccc1-c1ccnc(N[C@H]2CCCNC2)n1. The topological polar surface area (TPSA) is 104 Å². The first-order chi connectivity index (χ1) is 17.6. The van der Waals surface area contributed by atoms with Gasteiger partial charge in [0.1, 0.15) is 5.75 Å². The Kier molecular flexibility index (Phi) is 7.25. The number of anilines is 2. The molecule has 2 aromatic heterocycles. The minimum absolute atomic E-state index is 0.313. The molecule has 8 nitrogen and oxygen atoms in total. The predicted molar refractivity (Wildman–Crippen MR) is 144 cm³/mol. The van der Waals surface area contributed by atoms with Crippen LogP contribution in [0.25, 0.3) is 22.0 Å². The number of hydrogen-bond acceptors (Lipinski definition) is 8. The van der Waals surface area contributed by atoms with Gasteiger partial charge in [-0.25, -0.2) is 15.0 Å². The molecule has 1 fully saturated rings. The molecule has 0 unspecified atom stereocenters. The maximum absolute atomic E-state index is 9.72. The second kappa shape index (κ2) is 10.9. The largest absolute Gasteiger partial charge is 0.437 e. The lowest BCUT2D eigenvalue weighted by molar-refractivity contribution is 0.208. The van der Waals surface area contributed by atoms with Crippen LogP contribution in [0, 0.1) is 6.92 Å². The van der Waals surface area contributed by atoms with Gasteiger partial charge < -0.3 is 25.8 Å². The van der Waals surface area contributed by atoms with Crippen molar-refractivity contribution in [2.45, 2.75) is 38.8 Å². The lowest BCUT2D eigenvalue weighted by atomic mass is 10.0. The Morgan fingerprint density at radius 2 is 2.00 bits per heavy atom. The third-order valence-corrected chi connectivity index (χ3v) is 6.33. The van der Waals surface area contributed by atoms with Crippen LogP contribution in [0.3, 0.4) is 0 Å². The number of aliphatic hydroxyl groups excluding tert-OH is 1. The number of nitrogens with one attached hydrogen (secondary N) is 3. The van der Waals surface area contributed by atoms with Crippen LogP contribution in [-0.2, 0) is 0 Å². The zero-order chi connectivity index (χ0) is 24.9. The van der Waals surface area contributed by atoms with E-state index in [4.69, 9.17) is 9.72 Å². The van der Waals surface area contributed by atoms with Gasteiger partial charge in [-0.2, -0.15) is 0 Å². The van der Waals surface area contributed by atoms with E-state index in [1.54, 1.807) is 19.3 Å². The number of rotatable bonds is 8. The van der Waals surface area contributed by atoms with E-state index in [1.807, 2.05) is 49.4 Å². The van der Waals surface area contributed by atoms with Crippen molar-refractivity contribution in [3.05, 3.63) is 66.5 Å². The van der Waals surface area contributed by atoms with Crippen LogP contribution in [0.15, 0.2) is 60.9 Å². The summed E-state index contributed by atoms with van der Waals surface area (Å²) in [6.45, 7) is 6.22. The first-order valence-corrected chi connectivity index (χ1v) is 12.5. The van der Waals surface area contributed by atoms with Crippen LogP contribution in [0.5, 0.6) is 11.6 Å². The highest BCUT2D eigenvalue weighted by molar-refractivity contribution is 5.98. The molecule has 1 aliphatic heterocycles. The Morgan fingerprint density at radius 3 is 2.83 bits per heavy atom. The third-order valence-electron chi connectivity index (χ3n) is 6.33. The molecule has 2 atom stereocenters. The van der Waals surface area contributed by atoms with Gasteiger partial charge in [0.25, 0.3) is 0 Å². The molecule has 3 heterocycles. The van der Waals surface area contributed by atoms with Crippen molar-refractivity contribution >= 4 is 22.4 Å². The molecule has 0 bridgehead atoms. The number of nitrogens with zero attached hydrogens (tertiary/aromatic N) is 3. The lowest BCUT2D eigenvalue weighted by Crippen LogP contribution is -2.38. The highest BCUT2D eigenvalue weighted by Crippen LogP contribution is 2.38. The Labute approximate surface area is 211 Å². The molecule has 36 heavy (non-hydrogen) atoms. The van der Waals surface area contributed by atoms with Crippen LogP contribution in [0.2, 0.25) is 0 Å². The summed E-state index contributed by atoms with van der Waals surface area (Å²) in [6, 6.07) is 16.2. The summed E-state index contributed by atoms with van der Waals surface area (Å²) in [5.41, 5.74) is 3.49. The predicted octanol–water partition coefficient (Wildman–Crippen LogP) is 4.75. The Bertz CT molecular complexity index is 1340. The molecule has 0 aliphatic carbocycles. The molecule has 0 amide bonds. The second-order valence-corrected chi connectivity index (χ2v) is 9.25. The minimum Gasteiger partial charge on any atom is -0.437 e. The molecule has 1 aliphatic rings. The number of piperidine rings is 1. The maximum Gasteiger partial charge on any atom is 0.228 e. The monoisotopic (exact) mass is 484 g/mol. The van der Waals surface area contributed by atoms with E-state index in [-0.39, 0.29) is 0 Å². The average Bonchev–Trinajstić information content (AvgIpc) is 2.90. The first-order valence-electron chi connectivity index (χ1n) is 12.5. The summed E-state index contributed by atoms with van der Waals surface area (Å²) in [5.74, 6) is 1.83. The molecule has 8 heteroatoms. The van der Waals surface area contributed by atoms with Crippen molar-refractivity contribution in [1.29, 1.82) is 0 Å². The van der Waals surface area contributed by atoms with E-state index in [1.165, 1.54) is 0 Å². The number of ether oxygens (including phenoxy) is 1. The van der Waals surface area contributed by atoms with E-state index in [2.05, 4.69) is 32.0 Å². The van der Waals surface area contributed by atoms with Crippen molar-refractivity contribution in [2.24, 2.45) is 0 Å². The van der Waals surface area contributed by atoms with Crippen molar-refractivity contribution in [1.82, 2.24) is 20.3 Å². The number of benzene rings is 2. The van der Waals surface area contributed by atoms with Gasteiger partial charge in [0.05, 0.1) is 17.4 Å². The second-order valence-electron chi connectivity index (χ2n) is 9.25. The zero-order valence-electron chi connectivity index (χ0n) is 20.7. The van der Waals surface area contributed by atoms with Crippen molar-refractivity contribution in [2.75, 3.05) is 30.3 Å². The van der Waals surface area contributed by atoms with E-state index >= 15 is 0 Å². The smallest absolute Gasteiger partial charge is 0.228 e. The fourth-order valence-electron chi connectivity index (χ4n) is 4.49. The highest BCUT2D eigenvalue weighted by Gasteiger charge is 2.17. The first kappa shape index (κ1) is 24.0. The summed E-state index contributed by atoms with van der Waals surface area (Å²) in [5, 5.41) is 21.9. The number of aliphatic hydroxyl groups is 1. The molecule has 2 aromatic carbocycles. The summed E-state index contributed by atoms with van der Waals surface area (Å²) in [4.78, 5) is 13.8. The molecule has 0 radical (unpaired) electrons. The number of hydrogen-bond donors (Lipinski definition) is 4. The Hall–Kier alpha value is -3.75. The molecule has 0 spiro atoms. The Balaban J connectivity index is 1.47. The molecular weight excluding hydrogens is 452 g/mol. The van der Waals surface area contributed by atoms with Crippen molar-refractivity contribution in [3.8, 4) is 22.9 Å². The zero-order valence-corrected chi connectivity index (χ0v) is 20.7. The van der Waals surface area contributed by atoms with Gasteiger partial charge in [0.15, 0.2) is 0 Å². The fraction of sp³-hybridized carbons (Fsp3) is 0.321. The van der Waals surface area contributed by atoms with Gasteiger partial charge in [0, 0.05) is 48.0 Å². The number of aromatic nitrogens is 3. The van der Waals surface area contributed by atoms with Crippen LogP contribution in [0.1, 0.15) is 25.3 Å². The van der Waals surface area contributed by atoms with E-state index in [0.717, 1.165) is 65.0 Å². The number of fused-ring (bicyclic) bond motifs is 1. The van der Waals surface area contributed by atoms with Gasteiger partial charge in [-0.05, 0) is 63.1 Å². The summed E-state index contributed by atoms with van der Waals surface area (Å²) >= 11 is 0. The summed E-state index contributed by atoms with van der Waals surface area (Å²) in [6.07, 6.45) is 5.28. The quantitative estimate of drug-likeness (QED) is 0.284. The maximum atomic E-state index is 9.72. The number of pyridine rings is 1. The molecule has 5 rings (SSSR count). The normalized spacial score (nSPS) is 16.5. The van der Waals surface area contributed by atoms with Gasteiger partial charge in [-0.1, -0.05) is 24.3 Å². The molecular formula is C28H32N6O2. The molecule has 186 valence electrons. The van der Waals surface area contributed by atoms with Crippen LogP contribution >= 0.6 is 0 Å². The molecule has 0 saturated carbocycles. The number of aryl methyl sites for hydroxylation is 1. The highest BCUT2D eigenvalue weighted by atomic mass is 16.5. The van der Waals surface area contributed by atoms with Crippen LogP contribution in [-0.4, -0.2) is 51.8 Å². The van der Waals surface area contributed by atoms with Crippen molar-refractivity contribution < 1.29 is 9.84 Å². The molecule has 1 saturated heterocycles. The lowest BCUT2D eigenvalue weighted by Gasteiger charge is -2.23. The van der Waals surface area contributed by atoms with E-state index in [0.29, 0.717) is 24.4 Å². The van der Waals surface area contributed by atoms with Crippen molar-refractivity contribution in [3.63, 3.8) is 0 Å². The van der Waals surface area contributed by atoms with Crippen LogP contribution in [0.4, 0.5) is 11.6 Å². The summed E-state index contributed by atoms with van der Waals surface area (Å²) in [7, 11) is 0. The van der Waals surface area contributed by atoms with Gasteiger partial charge in [-0.3, -0.25) is 0 Å². The van der Waals surface area contributed by atoms with E-state index in [9.17, 15) is 5.11 Å².